The first kappa shape index (κ1) is 17.2. The van der Waals surface area contributed by atoms with E-state index in [0.717, 1.165) is 24.1 Å². The number of ether oxygens (including phenoxy) is 1. The fourth-order valence-corrected chi connectivity index (χ4v) is 2.68. The maximum absolute atomic E-state index is 11.2. The van der Waals surface area contributed by atoms with Gasteiger partial charge < -0.3 is 10.1 Å². The van der Waals surface area contributed by atoms with Gasteiger partial charge in [0, 0.05) is 31.9 Å². The van der Waals surface area contributed by atoms with Crippen molar-refractivity contribution >= 4 is 5.97 Å². The van der Waals surface area contributed by atoms with Gasteiger partial charge in [-0.1, -0.05) is 12.1 Å². The highest BCUT2D eigenvalue weighted by molar-refractivity contribution is 5.70. The van der Waals surface area contributed by atoms with Gasteiger partial charge in [0.2, 0.25) is 0 Å². The first-order valence-electron chi connectivity index (χ1n) is 7.86. The zero-order chi connectivity index (χ0) is 16.8. The molecule has 1 N–H and O–H groups in total. The normalized spacial score (nSPS) is 12.0. The van der Waals surface area contributed by atoms with Crippen LogP contribution in [0.2, 0.25) is 0 Å². The van der Waals surface area contributed by atoms with Crippen LogP contribution in [0.5, 0.6) is 5.75 Å². The molecule has 0 saturated carbocycles. The summed E-state index contributed by atoms with van der Waals surface area (Å²) in [7, 11) is 0. The molecule has 122 valence electrons. The molecule has 4 nitrogen and oxygen atoms in total. The van der Waals surface area contributed by atoms with E-state index >= 15 is 0 Å². The molecule has 0 unspecified atom stereocenters. The standard InChI is InChI=1S/C19H24N2O2/c1-13-9-18(10-14(2)19(13)23-16(4)22)12-21-15(3)11-17-5-7-20-8-6-17/h5-10,15,21H,11-12H2,1-4H3/t15-/m0/s1. The van der Waals surface area contributed by atoms with Gasteiger partial charge >= 0.3 is 5.97 Å². The SMILES string of the molecule is CC(=O)Oc1c(C)cc(CN[C@@H](C)Cc2ccncc2)cc1C. The van der Waals surface area contributed by atoms with Crippen LogP contribution in [0.1, 0.15) is 36.1 Å². The molecule has 23 heavy (non-hydrogen) atoms. The van der Waals surface area contributed by atoms with E-state index in [1.807, 2.05) is 38.4 Å². The van der Waals surface area contributed by atoms with Crippen molar-refractivity contribution in [3.8, 4) is 5.75 Å². The number of carbonyl (C=O) groups excluding carboxylic acids is 1. The molecule has 0 aliphatic carbocycles. The summed E-state index contributed by atoms with van der Waals surface area (Å²) in [4.78, 5) is 15.2. The summed E-state index contributed by atoms with van der Waals surface area (Å²) in [5.41, 5.74) is 4.44. The molecule has 1 aromatic carbocycles. The zero-order valence-corrected chi connectivity index (χ0v) is 14.2. The number of aryl methyl sites for hydroxylation is 2. The van der Waals surface area contributed by atoms with Crippen LogP contribution in [0.4, 0.5) is 0 Å². The van der Waals surface area contributed by atoms with Crippen molar-refractivity contribution in [3.05, 3.63) is 58.9 Å². The number of carbonyl (C=O) groups is 1. The van der Waals surface area contributed by atoms with E-state index in [1.165, 1.54) is 18.1 Å². The molecule has 0 fully saturated rings. The molecule has 0 spiro atoms. The molecule has 4 heteroatoms. The molecule has 0 saturated heterocycles. The molecule has 0 radical (unpaired) electrons. The Bertz CT molecular complexity index is 645. The molecule has 0 aliphatic heterocycles. The van der Waals surface area contributed by atoms with Gasteiger partial charge in [-0.15, -0.1) is 0 Å². The van der Waals surface area contributed by atoms with Gasteiger partial charge in [-0.2, -0.15) is 0 Å². The third kappa shape index (κ3) is 5.18. The van der Waals surface area contributed by atoms with Crippen LogP contribution in [0, 0.1) is 13.8 Å². The third-order valence-corrected chi connectivity index (χ3v) is 3.71. The van der Waals surface area contributed by atoms with Crippen LogP contribution in [-0.4, -0.2) is 17.0 Å². The van der Waals surface area contributed by atoms with Crippen LogP contribution in [-0.2, 0) is 17.8 Å². The quantitative estimate of drug-likeness (QED) is 0.656. The summed E-state index contributed by atoms with van der Waals surface area (Å²) in [6, 6.07) is 8.58. The van der Waals surface area contributed by atoms with Gasteiger partial charge in [-0.25, -0.2) is 0 Å². The van der Waals surface area contributed by atoms with Gasteiger partial charge in [-0.05, 0) is 61.6 Å². The highest BCUT2D eigenvalue weighted by Gasteiger charge is 2.10. The van der Waals surface area contributed by atoms with Crippen LogP contribution < -0.4 is 10.1 Å². The summed E-state index contributed by atoms with van der Waals surface area (Å²) in [6.45, 7) is 8.32. The maximum Gasteiger partial charge on any atom is 0.308 e. The Morgan fingerprint density at radius 1 is 1.17 bits per heavy atom. The molecule has 1 heterocycles. The Labute approximate surface area is 137 Å². The van der Waals surface area contributed by atoms with Gasteiger partial charge in [-0.3, -0.25) is 9.78 Å². The van der Waals surface area contributed by atoms with E-state index in [0.29, 0.717) is 11.8 Å². The Morgan fingerprint density at radius 2 is 1.78 bits per heavy atom. The Kier molecular flexibility index (Phi) is 5.88. The van der Waals surface area contributed by atoms with Crippen LogP contribution in [0.15, 0.2) is 36.7 Å². The van der Waals surface area contributed by atoms with Gasteiger partial charge in [0.15, 0.2) is 0 Å². The number of pyridine rings is 1. The lowest BCUT2D eigenvalue weighted by atomic mass is 10.0. The van der Waals surface area contributed by atoms with Crippen LogP contribution in [0.3, 0.4) is 0 Å². The Hall–Kier alpha value is -2.20. The smallest absolute Gasteiger partial charge is 0.308 e. The molecule has 0 aliphatic rings. The fourth-order valence-electron chi connectivity index (χ4n) is 2.68. The monoisotopic (exact) mass is 312 g/mol. The molecule has 2 aromatic rings. The van der Waals surface area contributed by atoms with Crippen molar-refractivity contribution in [2.24, 2.45) is 0 Å². The van der Waals surface area contributed by atoms with E-state index in [2.05, 4.69) is 29.4 Å². The minimum absolute atomic E-state index is 0.284. The number of esters is 1. The van der Waals surface area contributed by atoms with E-state index < -0.39 is 0 Å². The number of hydrogen-bond donors (Lipinski definition) is 1. The average Bonchev–Trinajstić information content (AvgIpc) is 2.50. The predicted molar refractivity (Wildman–Crippen MR) is 91.5 cm³/mol. The lowest BCUT2D eigenvalue weighted by molar-refractivity contribution is -0.131. The second-order valence-electron chi connectivity index (χ2n) is 5.99. The largest absolute Gasteiger partial charge is 0.426 e. The van der Waals surface area contributed by atoms with Gasteiger partial charge in [0.05, 0.1) is 0 Å². The van der Waals surface area contributed by atoms with Gasteiger partial charge in [0.25, 0.3) is 0 Å². The summed E-state index contributed by atoms with van der Waals surface area (Å²) < 4.78 is 5.27. The molecule has 1 atom stereocenters. The van der Waals surface area contributed by atoms with Crippen molar-refractivity contribution < 1.29 is 9.53 Å². The van der Waals surface area contributed by atoms with Crippen molar-refractivity contribution in [3.63, 3.8) is 0 Å². The Balaban J connectivity index is 1.96. The number of rotatable bonds is 6. The molecular formula is C19H24N2O2. The number of nitrogens with one attached hydrogen (secondary N) is 1. The number of nitrogens with zero attached hydrogens (tertiary/aromatic N) is 1. The lowest BCUT2D eigenvalue weighted by Crippen LogP contribution is -2.27. The molecular weight excluding hydrogens is 288 g/mol. The fraction of sp³-hybridized carbons (Fsp3) is 0.368. The summed E-state index contributed by atoms with van der Waals surface area (Å²) in [5.74, 6) is 0.388. The third-order valence-electron chi connectivity index (χ3n) is 3.71. The summed E-state index contributed by atoms with van der Waals surface area (Å²) in [6.07, 6.45) is 4.61. The summed E-state index contributed by atoms with van der Waals surface area (Å²) in [5, 5.41) is 3.53. The highest BCUT2D eigenvalue weighted by atomic mass is 16.5. The molecule has 0 bridgehead atoms. The van der Waals surface area contributed by atoms with Crippen molar-refractivity contribution in [1.29, 1.82) is 0 Å². The number of benzene rings is 1. The number of aromatic nitrogens is 1. The highest BCUT2D eigenvalue weighted by Crippen LogP contribution is 2.25. The van der Waals surface area contributed by atoms with Gasteiger partial charge in [0.1, 0.15) is 5.75 Å². The molecule has 2 rings (SSSR count). The predicted octanol–water partition coefficient (Wildman–Crippen LogP) is 3.34. The van der Waals surface area contributed by atoms with Crippen LogP contribution >= 0.6 is 0 Å². The lowest BCUT2D eigenvalue weighted by Gasteiger charge is -2.16. The number of hydrogen-bond acceptors (Lipinski definition) is 4. The Morgan fingerprint density at radius 3 is 2.35 bits per heavy atom. The molecule has 0 amide bonds. The second-order valence-corrected chi connectivity index (χ2v) is 5.99. The minimum atomic E-state index is -0.284. The average molecular weight is 312 g/mol. The molecule has 1 aromatic heterocycles. The summed E-state index contributed by atoms with van der Waals surface area (Å²) >= 11 is 0. The first-order valence-corrected chi connectivity index (χ1v) is 7.86. The maximum atomic E-state index is 11.2. The van der Waals surface area contributed by atoms with Crippen molar-refractivity contribution in [2.45, 2.75) is 46.7 Å². The minimum Gasteiger partial charge on any atom is -0.426 e. The second kappa shape index (κ2) is 7.88. The van der Waals surface area contributed by atoms with Crippen molar-refractivity contribution in [2.75, 3.05) is 0 Å². The zero-order valence-electron chi connectivity index (χ0n) is 14.2. The topological polar surface area (TPSA) is 51.2 Å². The first-order chi connectivity index (χ1) is 11.0. The van der Waals surface area contributed by atoms with E-state index in [1.54, 1.807) is 0 Å². The van der Waals surface area contributed by atoms with E-state index in [9.17, 15) is 4.79 Å². The van der Waals surface area contributed by atoms with Crippen molar-refractivity contribution in [1.82, 2.24) is 10.3 Å². The van der Waals surface area contributed by atoms with Crippen LogP contribution in [0.25, 0.3) is 0 Å². The van der Waals surface area contributed by atoms with E-state index in [-0.39, 0.29) is 5.97 Å². The van der Waals surface area contributed by atoms with E-state index in [4.69, 9.17) is 4.74 Å².